The number of amides is 4. The number of fused-ring (bicyclic) bond motifs is 2. The van der Waals surface area contributed by atoms with Crippen molar-refractivity contribution >= 4 is 63.6 Å². The van der Waals surface area contributed by atoms with E-state index in [-0.39, 0.29) is 42.2 Å². The summed E-state index contributed by atoms with van der Waals surface area (Å²) in [5.41, 5.74) is 4.43. The third-order valence-corrected chi connectivity index (χ3v) is 10.3. The van der Waals surface area contributed by atoms with Crippen LogP contribution in [0.15, 0.2) is 54.7 Å². The number of carbonyl (C=O) groups excluding carboxylic acids is 4. The standard InChI is InChI=1S/C42H53ClN8O8/c1-49(2)41(55)36-25-31-27-46-42(48-39(31)51(36)33-7-3-4-8-33)47-32-11-9-29(10-12-32)40(54)45-16-19-57-21-23-58-22-20-56-18-15-44-37(52)28-59-34-13-14-35-30(24-34)6-5-17-50(35)38(53)26-43/h9-14,24-25,27,33H,3-8,15-23,26,28H2,1-2H3,(H,44,52)(H,45,54)(H,46,47,48). The average Bonchev–Trinajstić information content (AvgIpc) is 3.92. The molecule has 1 aliphatic carbocycles. The van der Waals surface area contributed by atoms with Crippen LogP contribution in [0, 0.1) is 0 Å². The molecule has 2 aliphatic rings. The van der Waals surface area contributed by atoms with Crippen LogP contribution in [0.25, 0.3) is 11.0 Å². The third-order valence-electron chi connectivity index (χ3n) is 10.1. The minimum absolute atomic E-state index is 0.0566. The topological polar surface area (TPSA) is 178 Å². The molecule has 1 saturated carbocycles. The van der Waals surface area contributed by atoms with Crippen molar-refractivity contribution < 1.29 is 38.1 Å². The molecule has 1 fully saturated rings. The van der Waals surface area contributed by atoms with E-state index in [0.29, 0.717) is 82.2 Å². The van der Waals surface area contributed by atoms with Gasteiger partial charge in [0.15, 0.2) is 6.61 Å². The Bertz CT molecular complexity index is 2050. The smallest absolute Gasteiger partial charge is 0.270 e. The SMILES string of the molecule is CN(C)C(=O)c1cc2cnc(Nc3ccc(C(=O)NCCOCCOCCOCCNC(=O)COc4ccc5c(c4)CCCN5C(=O)CCl)cc3)nc2n1C1CCCC1. The molecular formula is C42H53ClN8O8. The van der Waals surface area contributed by atoms with Crippen LogP contribution < -0.4 is 25.6 Å². The second-order valence-electron chi connectivity index (χ2n) is 14.5. The molecule has 17 heteroatoms. The van der Waals surface area contributed by atoms with Crippen LogP contribution >= 0.6 is 11.6 Å². The van der Waals surface area contributed by atoms with Gasteiger partial charge in [0.2, 0.25) is 11.9 Å². The molecule has 316 valence electrons. The molecule has 0 bridgehead atoms. The van der Waals surface area contributed by atoms with Crippen molar-refractivity contribution in [1.82, 2.24) is 30.1 Å². The summed E-state index contributed by atoms with van der Waals surface area (Å²) in [6.07, 6.45) is 7.68. The second-order valence-corrected chi connectivity index (χ2v) is 14.8. The normalized spacial score (nSPS) is 13.9. The van der Waals surface area contributed by atoms with Gasteiger partial charge in [-0.25, -0.2) is 4.98 Å². The maximum Gasteiger partial charge on any atom is 0.270 e. The van der Waals surface area contributed by atoms with Gasteiger partial charge in [-0.3, -0.25) is 19.2 Å². The number of nitrogens with one attached hydrogen (secondary N) is 3. The fraction of sp³-hybridized carbons (Fsp3) is 0.476. The van der Waals surface area contributed by atoms with Crippen molar-refractivity contribution in [3.8, 4) is 5.75 Å². The Kier molecular flexibility index (Phi) is 15.9. The number of anilines is 3. The number of hydrogen-bond donors (Lipinski definition) is 3. The monoisotopic (exact) mass is 832 g/mol. The zero-order valence-corrected chi connectivity index (χ0v) is 34.4. The van der Waals surface area contributed by atoms with Gasteiger partial charge in [-0.15, -0.1) is 11.6 Å². The fourth-order valence-electron chi connectivity index (χ4n) is 7.17. The number of nitrogens with zero attached hydrogens (tertiary/aromatic N) is 5. The molecule has 0 saturated heterocycles. The van der Waals surface area contributed by atoms with Crippen LogP contribution in [0.5, 0.6) is 5.75 Å². The molecule has 0 radical (unpaired) electrons. The minimum Gasteiger partial charge on any atom is -0.484 e. The van der Waals surface area contributed by atoms with E-state index < -0.39 is 0 Å². The maximum absolute atomic E-state index is 13.0. The van der Waals surface area contributed by atoms with Crippen LogP contribution in [-0.4, -0.2) is 129 Å². The second kappa shape index (κ2) is 21.6. The Balaban J connectivity index is 0.794. The lowest BCUT2D eigenvalue weighted by Crippen LogP contribution is -2.36. The predicted octanol–water partition coefficient (Wildman–Crippen LogP) is 4.48. The van der Waals surface area contributed by atoms with Gasteiger partial charge in [0.1, 0.15) is 23.0 Å². The lowest BCUT2D eigenvalue weighted by molar-refractivity contribution is -0.123. The van der Waals surface area contributed by atoms with Gasteiger partial charge >= 0.3 is 0 Å². The van der Waals surface area contributed by atoms with Gasteiger partial charge < -0.3 is 49.3 Å². The summed E-state index contributed by atoms with van der Waals surface area (Å²) in [6, 6.07) is 14.6. The van der Waals surface area contributed by atoms with Crippen molar-refractivity contribution in [3.63, 3.8) is 0 Å². The zero-order chi connectivity index (χ0) is 41.6. The van der Waals surface area contributed by atoms with Gasteiger partial charge in [-0.05, 0) is 79.8 Å². The maximum atomic E-state index is 13.0. The first kappa shape index (κ1) is 43.3. The first-order valence-electron chi connectivity index (χ1n) is 20.1. The summed E-state index contributed by atoms with van der Waals surface area (Å²) >= 11 is 5.74. The molecule has 16 nitrogen and oxygen atoms in total. The molecule has 1 aliphatic heterocycles. The van der Waals surface area contributed by atoms with Gasteiger partial charge in [-0.2, -0.15) is 4.98 Å². The molecule has 4 amide bonds. The highest BCUT2D eigenvalue weighted by Crippen LogP contribution is 2.35. The number of ether oxygens (including phenoxy) is 4. The Hall–Kier alpha value is -5.29. The van der Waals surface area contributed by atoms with E-state index in [9.17, 15) is 19.2 Å². The molecule has 0 atom stereocenters. The molecule has 3 N–H and O–H groups in total. The molecule has 4 aromatic rings. The van der Waals surface area contributed by atoms with E-state index in [1.165, 1.54) is 0 Å². The lowest BCUT2D eigenvalue weighted by Gasteiger charge is -2.29. The number of carbonyl (C=O) groups is 4. The van der Waals surface area contributed by atoms with E-state index in [0.717, 1.165) is 66.5 Å². The fourth-order valence-corrected chi connectivity index (χ4v) is 7.31. The van der Waals surface area contributed by atoms with Crippen LogP contribution in [0.3, 0.4) is 0 Å². The first-order valence-corrected chi connectivity index (χ1v) is 20.6. The Morgan fingerprint density at radius 2 is 1.56 bits per heavy atom. The molecule has 59 heavy (non-hydrogen) atoms. The summed E-state index contributed by atoms with van der Waals surface area (Å²) in [5.74, 6) is 0.254. The summed E-state index contributed by atoms with van der Waals surface area (Å²) in [5, 5.41) is 9.66. The van der Waals surface area contributed by atoms with Crippen LogP contribution in [-0.2, 0) is 30.2 Å². The van der Waals surface area contributed by atoms with E-state index >= 15 is 0 Å². The van der Waals surface area contributed by atoms with E-state index in [1.807, 2.05) is 18.2 Å². The lowest BCUT2D eigenvalue weighted by atomic mass is 10.0. The van der Waals surface area contributed by atoms with Gasteiger partial charge in [0.05, 0.1) is 39.6 Å². The highest BCUT2D eigenvalue weighted by Gasteiger charge is 2.27. The molecule has 2 aromatic carbocycles. The summed E-state index contributed by atoms with van der Waals surface area (Å²) in [7, 11) is 3.51. The third kappa shape index (κ3) is 11.9. The highest BCUT2D eigenvalue weighted by molar-refractivity contribution is 6.29. The highest BCUT2D eigenvalue weighted by atomic mass is 35.5. The predicted molar refractivity (Wildman–Crippen MR) is 224 cm³/mol. The largest absolute Gasteiger partial charge is 0.484 e. The molecule has 0 unspecified atom stereocenters. The average molecular weight is 833 g/mol. The van der Waals surface area contributed by atoms with Crippen molar-refractivity contribution in [2.45, 2.75) is 44.6 Å². The molecule has 6 rings (SSSR count). The number of hydrogen-bond acceptors (Lipinski definition) is 11. The van der Waals surface area contributed by atoms with Crippen LogP contribution in [0.2, 0.25) is 0 Å². The van der Waals surface area contributed by atoms with Crippen LogP contribution in [0.1, 0.15) is 64.6 Å². The van der Waals surface area contributed by atoms with Gasteiger partial charge in [0.25, 0.3) is 17.7 Å². The Morgan fingerprint density at radius 3 is 2.25 bits per heavy atom. The van der Waals surface area contributed by atoms with E-state index in [1.54, 1.807) is 60.4 Å². The molecule has 2 aromatic heterocycles. The van der Waals surface area contributed by atoms with E-state index in [2.05, 4.69) is 25.5 Å². The molecular weight excluding hydrogens is 780 g/mol. The number of rotatable bonds is 21. The number of aromatic nitrogens is 3. The van der Waals surface area contributed by atoms with Gasteiger partial charge in [0, 0.05) is 68.3 Å². The first-order chi connectivity index (χ1) is 28.7. The number of benzene rings is 2. The van der Waals surface area contributed by atoms with Crippen molar-refractivity contribution in [3.05, 3.63) is 71.5 Å². The molecule has 3 heterocycles. The van der Waals surface area contributed by atoms with E-state index in [4.69, 9.17) is 35.5 Å². The van der Waals surface area contributed by atoms with Crippen molar-refractivity contribution in [1.29, 1.82) is 0 Å². The summed E-state index contributed by atoms with van der Waals surface area (Å²) in [4.78, 5) is 62.6. The number of aryl methyl sites for hydroxylation is 1. The summed E-state index contributed by atoms with van der Waals surface area (Å²) in [6.45, 7) is 3.34. The number of halogens is 1. The Labute approximate surface area is 348 Å². The molecule has 0 spiro atoms. The Morgan fingerprint density at radius 1 is 0.864 bits per heavy atom. The van der Waals surface area contributed by atoms with Crippen LogP contribution in [0.4, 0.5) is 17.3 Å². The summed E-state index contributed by atoms with van der Waals surface area (Å²) < 4.78 is 24.3. The zero-order valence-electron chi connectivity index (χ0n) is 33.7. The van der Waals surface area contributed by atoms with Crippen molar-refractivity contribution in [2.24, 2.45) is 0 Å². The number of alkyl halides is 1. The minimum atomic E-state index is -0.262. The van der Waals surface area contributed by atoms with Crippen molar-refractivity contribution in [2.75, 3.05) is 96.1 Å². The quantitative estimate of drug-likeness (QED) is 0.0797. The van der Waals surface area contributed by atoms with Gasteiger partial charge in [-0.1, -0.05) is 12.8 Å².